The van der Waals surface area contributed by atoms with Crippen LogP contribution in [0.3, 0.4) is 0 Å². The molecule has 1 fully saturated rings. The summed E-state index contributed by atoms with van der Waals surface area (Å²) in [5.41, 5.74) is 14.1. The molecule has 130 heavy (non-hydrogen) atoms. The van der Waals surface area contributed by atoms with Crippen LogP contribution in [-0.2, 0) is 111 Å². The number of cyclic esters (lactones) is 1. The number of nitrogen functional groups attached to an aromatic ring is 1. The quantitative estimate of drug-likeness (QED) is 0.00902. The molecule has 706 valence electrons. The normalized spacial score (nSPS) is 20.1. The number of nitrogens with two attached hydrogens (primary N) is 2. The number of aliphatic hydroxyl groups excluding tert-OH is 2. The number of rotatable bonds is 41. The number of esters is 1. The van der Waals surface area contributed by atoms with E-state index < -0.39 is 256 Å². The predicted molar refractivity (Wildman–Crippen MR) is 465 cm³/mol. The lowest BCUT2D eigenvalue weighted by atomic mass is 9.96. The van der Waals surface area contributed by atoms with Gasteiger partial charge in [0, 0.05) is 60.8 Å². The van der Waals surface area contributed by atoms with Crippen LogP contribution in [0.2, 0.25) is 5.02 Å². The topological polar surface area (TPSA) is 680 Å². The molecule has 0 spiro atoms. The number of hydrogen-bond donors (Lipinski definition) is 22. The number of carboxylic acids is 3. The van der Waals surface area contributed by atoms with Gasteiger partial charge in [-0.25, -0.2) is 4.79 Å². The number of benzene rings is 4. The van der Waals surface area contributed by atoms with Gasteiger partial charge in [-0.15, -0.1) is 0 Å². The molecule has 0 aliphatic carbocycles. The Hall–Kier alpha value is -13.7. The van der Waals surface area contributed by atoms with Crippen molar-refractivity contribution in [1.29, 1.82) is 0 Å². The number of amides is 14. The minimum absolute atomic E-state index is 0.00686. The molecule has 4 aromatic carbocycles. The van der Waals surface area contributed by atoms with Crippen molar-refractivity contribution in [2.24, 2.45) is 11.7 Å². The highest BCUT2D eigenvalue weighted by Gasteiger charge is 2.41. The van der Waals surface area contributed by atoms with Crippen molar-refractivity contribution in [3.8, 4) is 5.75 Å². The number of para-hydroxylation sites is 2. The lowest BCUT2D eigenvalue weighted by molar-refractivity contribution is -0.156. The van der Waals surface area contributed by atoms with Gasteiger partial charge in [0.25, 0.3) is 0 Å². The molecule has 0 bridgehead atoms. The number of carboxylic acid groups (broad SMARTS) is 3. The van der Waals surface area contributed by atoms with Gasteiger partial charge in [0.15, 0.2) is 5.78 Å². The number of ether oxygens (including phenoxy) is 2. The van der Waals surface area contributed by atoms with Crippen molar-refractivity contribution in [1.82, 2.24) is 79.4 Å². The first-order valence-corrected chi connectivity index (χ1v) is 42.6. The van der Waals surface area contributed by atoms with Crippen LogP contribution in [0.1, 0.15) is 157 Å². The molecule has 0 unspecified atom stereocenters. The second kappa shape index (κ2) is 53.8. The molecule has 13 atom stereocenters. The van der Waals surface area contributed by atoms with E-state index >= 15 is 9.59 Å². The van der Waals surface area contributed by atoms with E-state index in [9.17, 15) is 107 Å². The number of Topliss-reactive ketones (excluding diaryl/α,β-unsaturated/α-hetero) is 1. The number of ketones is 1. The molecule has 44 heteroatoms. The molecule has 5 aromatic rings. The van der Waals surface area contributed by atoms with Gasteiger partial charge in [0.1, 0.15) is 84.9 Å². The number of anilines is 1. The van der Waals surface area contributed by atoms with Crippen molar-refractivity contribution in [2.45, 2.75) is 223 Å². The summed E-state index contributed by atoms with van der Waals surface area (Å²) in [4.78, 5) is 268. The van der Waals surface area contributed by atoms with E-state index in [4.69, 9.17) is 32.5 Å². The third kappa shape index (κ3) is 35.5. The lowest BCUT2D eigenvalue weighted by Gasteiger charge is -2.30. The van der Waals surface area contributed by atoms with Gasteiger partial charge in [0.2, 0.25) is 82.7 Å². The highest BCUT2D eigenvalue weighted by Crippen LogP contribution is 2.27. The van der Waals surface area contributed by atoms with Crippen LogP contribution in [0.4, 0.5) is 5.69 Å². The van der Waals surface area contributed by atoms with Gasteiger partial charge in [-0.3, -0.25) is 86.3 Å². The average Bonchev–Trinajstić information content (AvgIpc) is 1.64. The summed E-state index contributed by atoms with van der Waals surface area (Å²) in [6.45, 7) is 0.901. The van der Waals surface area contributed by atoms with Gasteiger partial charge in [-0.2, -0.15) is 0 Å². The maximum atomic E-state index is 15.1. The predicted octanol–water partition coefficient (Wildman–Crippen LogP) is -1.65. The van der Waals surface area contributed by atoms with E-state index in [2.05, 4.69) is 75.7 Å². The number of aliphatic hydroxyl groups is 2. The maximum Gasteiger partial charge on any atom is 0.329 e. The monoisotopic (exact) mass is 1840 g/mol. The Labute approximate surface area is 751 Å². The number of halogens is 1. The van der Waals surface area contributed by atoms with Crippen molar-refractivity contribution in [3.05, 3.63) is 131 Å². The number of aromatic amines is 1. The molecule has 1 aliphatic heterocycles. The van der Waals surface area contributed by atoms with Crippen LogP contribution in [-0.4, -0.2) is 248 Å². The Morgan fingerprint density at radius 3 is 1.82 bits per heavy atom. The number of unbranched alkanes of at least 4 members (excludes halogenated alkanes) is 6. The SMILES string of the molecule is CCCCCCCCCC(=O)N[C@@H](Cc1c[nH]c2ccccc12)C(=O)N[C@@H](CC(N)=O)C(=O)N[C@@H](CCO)C(=O)N[C@@H]1C(=O)NCC(=O)N[C@@H](CCCNCc2ccc(OCc3ccccc3)c(Cl)c2)C(=O)N[C@@H](CC(=O)O)C(=O)N[C@H](C)C(=O)N[C@@H](CC(=O)O)C(=O)NCC(=O)N[C@H](CO)C(=O)N[C@@H]([C@H](C)CC(=O)O)C(=O)N[C@@H](CC(=O)c2ccccc2N)C(=O)O[C@@H]1C. The Morgan fingerprint density at radius 2 is 1.17 bits per heavy atom. The summed E-state index contributed by atoms with van der Waals surface area (Å²) in [7, 11) is 0. The molecule has 6 rings (SSSR count). The molecular formula is C86H114ClN17O26. The summed E-state index contributed by atoms with van der Waals surface area (Å²) >= 11 is 6.59. The van der Waals surface area contributed by atoms with E-state index in [0.29, 0.717) is 40.6 Å². The average molecular weight is 1840 g/mol. The highest BCUT2D eigenvalue weighted by molar-refractivity contribution is 6.32. The molecule has 0 saturated carbocycles. The van der Waals surface area contributed by atoms with Crippen LogP contribution >= 0.6 is 11.6 Å². The van der Waals surface area contributed by atoms with Crippen molar-refractivity contribution in [3.63, 3.8) is 0 Å². The van der Waals surface area contributed by atoms with E-state index in [-0.39, 0.29) is 61.7 Å². The van der Waals surface area contributed by atoms with Gasteiger partial charge < -0.3 is 126 Å². The third-order valence-corrected chi connectivity index (χ3v) is 20.9. The molecule has 24 N–H and O–H groups in total. The van der Waals surface area contributed by atoms with Crippen molar-refractivity contribution in [2.75, 3.05) is 38.6 Å². The van der Waals surface area contributed by atoms with Gasteiger partial charge in [-0.1, -0.05) is 131 Å². The second-order valence-corrected chi connectivity index (χ2v) is 31.5. The molecule has 43 nitrogen and oxygen atoms in total. The van der Waals surface area contributed by atoms with Crippen molar-refractivity contribution >= 4 is 141 Å². The Bertz CT molecular complexity index is 4830. The fourth-order valence-corrected chi connectivity index (χ4v) is 13.9. The van der Waals surface area contributed by atoms with E-state index in [1.54, 1.807) is 48.7 Å². The number of aliphatic carboxylic acids is 3. The number of nitrogens with one attached hydrogen (secondary N) is 15. The molecule has 14 amide bonds. The van der Waals surface area contributed by atoms with Gasteiger partial charge in [0.05, 0.1) is 50.4 Å². The molecule has 1 aliphatic rings. The zero-order valence-electron chi connectivity index (χ0n) is 72.1. The largest absolute Gasteiger partial charge is 0.487 e. The van der Waals surface area contributed by atoms with Crippen LogP contribution in [0, 0.1) is 5.92 Å². The van der Waals surface area contributed by atoms with Crippen LogP contribution in [0.5, 0.6) is 5.75 Å². The highest BCUT2D eigenvalue weighted by atomic mass is 35.5. The van der Waals surface area contributed by atoms with E-state index in [1.807, 2.05) is 41.0 Å². The zero-order valence-corrected chi connectivity index (χ0v) is 72.9. The number of fused-ring (bicyclic) bond motifs is 1. The number of carbonyl (C=O) groups excluding carboxylic acids is 16. The number of H-pyrrole nitrogens is 1. The standard InChI is InChI=1S/C86H114ClN17O26/c1-5-6-7-8-9-10-14-27-68(109)96-59(35-51-41-91-56-25-18-16-22-52(51)56)81(123)100-60(37-67(89)108)82(124)98-58(30-32-105)79(121)104-75-48(4)130-86(128)63(36-65(107)53-23-15-17-24-55(53)88)102-85(127)74(46(2)33-71(112)113)103-83(125)64(44-106)97-70(111)42-92-77(119)61(38-72(114)115)99-76(118)47(3)94-80(122)62(39-73(116)117)101-78(120)57(95-69(110)43-93-84(75)126)26-19-31-90-40-50-28-29-66(54(87)34-50)129-45-49-20-12-11-13-21-49/h11-13,15-18,20-25,28-29,34,41,46-48,57-64,74-75,90-91,105-106H,5-10,14,19,26-27,30-33,35-40,42-45,88H2,1-4H3,(H2,89,108)(H,92,119)(H,93,126)(H,94,122)(H,95,110)(H,96,109)(H,97,111)(H,98,124)(H,99,118)(H,100,123)(H,101,120)(H,102,127)(H,103,125)(H,104,121)(H,112,113)(H,114,115)(H,116,117)/t46-,47-,48-,57+,58+,59+,60+,61+,62+,63+,64-,74+,75+/m1/s1. The number of carbonyl (C=O) groups is 19. The van der Waals surface area contributed by atoms with Crippen LogP contribution < -0.4 is 90.6 Å². The lowest BCUT2D eigenvalue weighted by Crippen LogP contribution is -2.61. The van der Waals surface area contributed by atoms with Gasteiger partial charge in [-0.05, 0) is 99.0 Å². The van der Waals surface area contributed by atoms with E-state index in [1.165, 1.54) is 24.3 Å². The number of hydrogen-bond acceptors (Lipinski definition) is 25. The zero-order chi connectivity index (χ0) is 95.7. The van der Waals surface area contributed by atoms with Crippen LogP contribution in [0.15, 0.2) is 103 Å². The summed E-state index contributed by atoms with van der Waals surface area (Å²) in [5.74, 6) is -26.7. The first-order chi connectivity index (χ1) is 61.9. The number of primary amides is 1. The fourth-order valence-electron chi connectivity index (χ4n) is 13.6. The summed E-state index contributed by atoms with van der Waals surface area (Å²) in [5, 5.41) is 84.1. The third-order valence-electron chi connectivity index (χ3n) is 20.6. The molecular weight excluding hydrogens is 1720 g/mol. The molecule has 2 heterocycles. The fraction of sp³-hybridized carbons (Fsp3) is 0.477. The smallest absolute Gasteiger partial charge is 0.329 e. The summed E-state index contributed by atoms with van der Waals surface area (Å²) in [6.07, 6.45) is -1.25. The minimum atomic E-state index is -2.36. The first kappa shape index (κ1) is 105. The number of aromatic nitrogens is 1. The summed E-state index contributed by atoms with van der Waals surface area (Å²) < 4.78 is 11.7. The first-order valence-electron chi connectivity index (χ1n) is 42.2. The van der Waals surface area contributed by atoms with Crippen molar-refractivity contribution < 1.29 is 126 Å². The molecule has 1 saturated heterocycles. The van der Waals surface area contributed by atoms with Crippen LogP contribution in [0.25, 0.3) is 10.9 Å². The maximum absolute atomic E-state index is 15.1. The van der Waals surface area contributed by atoms with E-state index in [0.717, 1.165) is 58.4 Å². The Balaban J connectivity index is 1.41. The molecule has 1 aromatic heterocycles. The molecule has 0 radical (unpaired) electrons. The minimum Gasteiger partial charge on any atom is -0.487 e. The Kier molecular flexibility index (Phi) is 43.5. The second-order valence-electron chi connectivity index (χ2n) is 31.1. The Morgan fingerprint density at radius 1 is 0.577 bits per heavy atom. The summed E-state index contributed by atoms with van der Waals surface area (Å²) in [6, 6.07) is 4.45. The van der Waals surface area contributed by atoms with Gasteiger partial charge >= 0.3 is 23.9 Å².